The van der Waals surface area contributed by atoms with E-state index in [0.29, 0.717) is 0 Å². The molecular formula is C4H11KNNaO3. The normalized spacial score (nSPS) is 13.9. The zero-order valence-electron chi connectivity index (χ0n) is 4.53. The summed E-state index contributed by atoms with van der Waals surface area (Å²) < 4.78 is 0. The molecule has 0 radical (unpaired) electrons. The zero-order chi connectivity index (χ0) is 6.73. The summed E-state index contributed by atoms with van der Waals surface area (Å²) in [7, 11) is 0. The summed E-state index contributed by atoms with van der Waals surface area (Å²) in [6.45, 7) is 1.33. The van der Waals surface area contributed by atoms with Crippen LogP contribution in [0, 0.1) is 0 Å². The predicted molar refractivity (Wildman–Crippen MR) is 41.6 cm³/mol. The Kier molecular flexibility index (Phi) is 16.4. The number of aliphatic carboxylic acids is 1. The Labute approximate surface area is 124 Å². The Balaban J connectivity index is -0.000000245. The molecular weight excluding hydrogens is 172 g/mol. The maximum absolute atomic E-state index is 9.86. The number of hydrogen-bond acceptors (Lipinski definition) is 3. The molecule has 4 nitrogen and oxygen atoms in total. The van der Waals surface area contributed by atoms with Gasteiger partial charge in [-0.1, -0.05) is 0 Å². The Morgan fingerprint density at radius 1 is 1.60 bits per heavy atom. The summed E-state index contributed by atoms with van der Waals surface area (Å²) in [5.41, 5.74) is 4.91. The van der Waals surface area contributed by atoms with Crippen LogP contribution in [-0.2, 0) is 4.79 Å². The molecule has 0 unspecified atom stereocenters. The number of hydrogen-bond donors (Lipinski definition) is 3. The first-order chi connectivity index (χ1) is 3.55. The first-order valence-electron chi connectivity index (χ1n) is 2.22. The summed E-state index contributed by atoms with van der Waals surface area (Å²) in [6, 6.07) is -1.16. The molecule has 10 heavy (non-hydrogen) atoms. The van der Waals surface area contributed by atoms with Crippen molar-refractivity contribution >= 4 is 86.9 Å². The molecule has 52 valence electrons. The van der Waals surface area contributed by atoms with E-state index in [1.807, 2.05) is 0 Å². The van der Waals surface area contributed by atoms with Gasteiger partial charge < -0.3 is 15.9 Å². The molecule has 6 heteroatoms. The van der Waals surface area contributed by atoms with Crippen LogP contribution >= 0.6 is 0 Å². The van der Waals surface area contributed by atoms with Crippen LogP contribution < -0.4 is 5.73 Å². The Morgan fingerprint density at radius 2 is 1.90 bits per heavy atom. The van der Waals surface area contributed by atoms with Gasteiger partial charge in [-0.05, 0) is 6.92 Å². The first kappa shape index (κ1) is 17.9. The van der Waals surface area contributed by atoms with Crippen LogP contribution in [-0.4, -0.2) is 109 Å². The minimum absolute atomic E-state index is 0. The number of carboxylic acids is 1. The van der Waals surface area contributed by atoms with Crippen LogP contribution in [0.4, 0.5) is 0 Å². The van der Waals surface area contributed by atoms with Crippen molar-refractivity contribution in [2.75, 3.05) is 0 Å². The van der Waals surface area contributed by atoms with E-state index in [2.05, 4.69) is 0 Å². The van der Waals surface area contributed by atoms with Crippen LogP contribution in [0.3, 0.4) is 0 Å². The number of aliphatic hydroxyl groups excluding tert-OH is 1. The van der Waals surface area contributed by atoms with Gasteiger partial charge in [0, 0.05) is 0 Å². The molecule has 2 atom stereocenters. The van der Waals surface area contributed by atoms with Crippen molar-refractivity contribution in [3.63, 3.8) is 0 Å². The van der Waals surface area contributed by atoms with E-state index in [1.54, 1.807) is 0 Å². The quantitative estimate of drug-likeness (QED) is 0.413. The molecule has 0 fully saturated rings. The maximum atomic E-state index is 9.86. The Bertz CT molecular complexity index is 101. The molecule has 0 aliphatic carbocycles. The van der Waals surface area contributed by atoms with Crippen molar-refractivity contribution in [2.45, 2.75) is 19.1 Å². The van der Waals surface area contributed by atoms with Crippen LogP contribution in [0.15, 0.2) is 0 Å². The number of carboxylic acid groups (broad SMARTS) is 1. The predicted octanol–water partition coefficient (Wildman–Crippen LogP) is -2.52. The fourth-order valence-electron chi connectivity index (χ4n) is 0.206. The standard InChI is InChI=1S/C4H9NO3.K.Na.2H/c1-2(6)3(5)4(7)8;;;;/h2-3,6H,5H2,1H3,(H,7,8);;;;/t2-,3+;;;;/m1..../s1. The monoisotopic (exact) mass is 183 g/mol. The van der Waals surface area contributed by atoms with Crippen molar-refractivity contribution in [2.24, 2.45) is 5.73 Å². The third kappa shape index (κ3) is 8.13. The van der Waals surface area contributed by atoms with Crippen molar-refractivity contribution < 1.29 is 15.0 Å². The zero-order valence-corrected chi connectivity index (χ0v) is 4.53. The molecule has 0 bridgehead atoms. The molecule has 0 saturated heterocycles. The number of carbonyl (C=O) groups is 1. The van der Waals surface area contributed by atoms with Gasteiger partial charge in [-0.15, -0.1) is 0 Å². The van der Waals surface area contributed by atoms with Gasteiger partial charge >= 0.3 is 86.9 Å². The molecule has 0 spiro atoms. The van der Waals surface area contributed by atoms with Gasteiger partial charge in [0.25, 0.3) is 0 Å². The molecule has 0 aliphatic rings. The first-order valence-corrected chi connectivity index (χ1v) is 2.22. The average Bonchev–Trinajstić information content (AvgIpc) is 1.64. The van der Waals surface area contributed by atoms with E-state index >= 15 is 0 Å². The molecule has 0 heterocycles. The second kappa shape index (κ2) is 9.12. The van der Waals surface area contributed by atoms with Gasteiger partial charge in [0.05, 0.1) is 6.10 Å². The van der Waals surface area contributed by atoms with E-state index < -0.39 is 18.1 Å². The Hall–Kier alpha value is 2.03. The molecule has 0 saturated carbocycles. The fourth-order valence-corrected chi connectivity index (χ4v) is 0.206. The van der Waals surface area contributed by atoms with Crippen molar-refractivity contribution in [1.29, 1.82) is 0 Å². The fraction of sp³-hybridized carbons (Fsp3) is 0.750. The summed E-state index contributed by atoms with van der Waals surface area (Å²) in [4.78, 5) is 9.86. The number of rotatable bonds is 2. The minimum atomic E-state index is -1.18. The van der Waals surface area contributed by atoms with E-state index in [-0.39, 0.29) is 80.9 Å². The second-order valence-electron chi connectivity index (χ2n) is 1.60. The average molecular weight is 183 g/mol. The molecule has 0 rings (SSSR count). The summed E-state index contributed by atoms with van der Waals surface area (Å²) in [6.07, 6.45) is -0.979. The van der Waals surface area contributed by atoms with Crippen LogP contribution in [0.2, 0.25) is 0 Å². The van der Waals surface area contributed by atoms with Gasteiger partial charge in [0.1, 0.15) is 6.04 Å². The topological polar surface area (TPSA) is 83.5 Å². The van der Waals surface area contributed by atoms with E-state index in [0.717, 1.165) is 0 Å². The number of nitrogens with two attached hydrogens (primary N) is 1. The molecule has 4 N–H and O–H groups in total. The van der Waals surface area contributed by atoms with Crippen LogP contribution in [0.25, 0.3) is 0 Å². The van der Waals surface area contributed by atoms with Gasteiger partial charge in [0.2, 0.25) is 0 Å². The van der Waals surface area contributed by atoms with E-state index in [4.69, 9.17) is 15.9 Å². The third-order valence-electron chi connectivity index (χ3n) is 0.805. The molecule has 0 aromatic carbocycles. The summed E-state index contributed by atoms with van der Waals surface area (Å²) >= 11 is 0. The Morgan fingerprint density at radius 3 is 1.90 bits per heavy atom. The number of aliphatic hydroxyl groups is 1. The molecule has 0 aromatic rings. The van der Waals surface area contributed by atoms with Gasteiger partial charge in [0.15, 0.2) is 0 Å². The van der Waals surface area contributed by atoms with Crippen molar-refractivity contribution in [3.05, 3.63) is 0 Å². The van der Waals surface area contributed by atoms with Gasteiger partial charge in [-0.3, -0.25) is 4.79 Å². The molecule has 0 amide bonds. The summed E-state index contributed by atoms with van der Waals surface area (Å²) in [5, 5.41) is 16.6. The second-order valence-corrected chi connectivity index (χ2v) is 1.60. The van der Waals surface area contributed by atoms with Crippen molar-refractivity contribution in [1.82, 2.24) is 0 Å². The van der Waals surface area contributed by atoms with Gasteiger partial charge in [-0.25, -0.2) is 0 Å². The molecule has 0 aliphatic heterocycles. The summed E-state index contributed by atoms with van der Waals surface area (Å²) in [5.74, 6) is -1.18. The SMILES string of the molecule is C[C@@H](O)[C@H](N)C(=O)O.[KH].[NaH]. The van der Waals surface area contributed by atoms with E-state index in [9.17, 15) is 4.79 Å². The van der Waals surface area contributed by atoms with Crippen LogP contribution in [0.1, 0.15) is 6.92 Å². The third-order valence-corrected chi connectivity index (χ3v) is 0.805. The van der Waals surface area contributed by atoms with E-state index in [1.165, 1.54) is 6.92 Å². The van der Waals surface area contributed by atoms with Gasteiger partial charge in [-0.2, -0.15) is 0 Å². The molecule has 0 aromatic heterocycles. The van der Waals surface area contributed by atoms with Crippen molar-refractivity contribution in [3.8, 4) is 0 Å². The van der Waals surface area contributed by atoms with Crippen LogP contribution in [0.5, 0.6) is 0 Å².